The van der Waals surface area contributed by atoms with Gasteiger partial charge in [0.05, 0.1) is 21.7 Å². The molecule has 0 fully saturated rings. The lowest BCUT2D eigenvalue weighted by Gasteiger charge is -2.15. The van der Waals surface area contributed by atoms with Gasteiger partial charge >= 0.3 is 5.97 Å². The average Bonchev–Trinajstić information content (AvgIpc) is 2.61. The van der Waals surface area contributed by atoms with E-state index in [4.69, 9.17) is 27.9 Å². The Morgan fingerprint density at radius 2 is 1.84 bits per heavy atom. The highest BCUT2D eigenvalue weighted by Crippen LogP contribution is 2.25. The molecule has 2 aromatic carbocycles. The highest BCUT2D eigenvalue weighted by atomic mass is 35.5. The number of halogens is 2. The van der Waals surface area contributed by atoms with Crippen LogP contribution >= 0.6 is 23.2 Å². The minimum Gasteiger partial charge on any atom is -0.452 e. The van der Waals surface area contributed by atoms with Crippen LogP contribution in [0, 0.1) is 0 Å². The molecule has 0 radical (unpaired) electrons. The van der Waals surface area contributed by atoms with Crippen LogP contribution in [0.2, 0.25) is 10.0 Å². The van der Waals surface area contributed by atoms with Crippen molar-refractivity contribution in [1.29, 1.82) is 0 Å². The first kappa shape index (κ1) is 19.1. The van der Waals surface area contributed by atoms with Crippen molar-refractivity contribution >= 4 is 40.8 Å². The van der Waals surface area contributed by atoms with E-state index in [9.17, 15) is 9.59 Å². The summed E-state index contributed by atoms with van der Waals surface area (Å²) in [6, 6.07) is 11.7. The number of hydrogen-bond acceptors (Lipinski definition) is 4. The lowest BCUT2D eigenvalue weighted by molar-refractivity contribution is -0.124. The fourth-order valence-electron chi connectivity index (χ4n) is 2.24. The van der Waals surface area contributed by atoms with Crippen molar-refractivity contribution < 1.29 is 14.3 Å². The van der Waals surface area contributed by atoms with Crippen LogP contribution in [0.25, 0.3) is 0 Å². The molecular weight excluding hydrogens is 363 g/mol. The van der Waals surface area contributed by atoms with Gasteiger partial charge in [-0.25, -0.2) is 4.79 Å². The maximum Gasteiger partial charge on any atom is 0.340 e. The number of ether oxygens (including phenoxy) is 1. The van der Waals surface area contributed by atoms with E-state index in [1.54, 1.807) is 56.4 Å². The van der Waals surface area contributed by atoms with Gasteiger partial charge in [-0.05, 0) is 36.8 Å². The van der Waals surface area contributed by atoms with Gasteiger partial charge in [0.25, 0.3) is 5.91 Å². The molecule has 0 aromatic heterocycles. The molecule has 25 heavy (non-hydrogen) atoms. The normalized spacial score (nSPS) is 11.5. The Morgan fingerprint density at radius 3 is 2.52 bits per heavy atom. The summed E-state index contributed by atoms with van der Waals surface area (Å²) in [5.41, 5.74) is 1.81. The van der Waals surface area contributed by atoms with Crippen LogP contribution in [-0.4, -0.2) is 25.5 Å². The highest BCUT2D eigenvalue weighted by Gasteiger charge is 2.15. The minimum absolute atomic E-state index is 0.300. The Morgan fingerprint density at radius 1 is 1.12 bits per heavy atom. The summed E-state index contributed by atoms with van der Waals surface area (Å²) in [5, 5.41) is 6.51. The number of esters is 1. The molecule has 132 valence electrons. The zero-order valence-corrected chi connectivity index (χ0v) is 15.3. The third-order valence-corrected chi connectivity index (χ3v) is 4.31. The number of anilines is 1. The molecule has 0 saturated heterocycles. The predicted octanol–water partition coefficient (Wildman–Crippen LogP) is 4.07. The van der Waals surface area contributed by atoms with E-state index in [2.05, 4.69) is 10.6 Å². The van der Waals surface area contributed by atoms with Gasteiger partial charge < -0.3 is 15.4 Å². The van der Waals surface area contributed by atoms with E-state index in [1.165, 1.54) is 0 Å². The van der Waals surface area contributed by atoms with Crippen molar-refractivity contribution in [3.05, 3.63) is 63.6 Å². The standard InChI is InChI=1S/C18H18Cl2N2O3/c1-11(12-7-8-14(19)15(20)9-12)22-17(23)10-25-18(24)13-5-3-4-6-16(13)21-2/h3-9,11,21H,10H2,1-2H3,(H,22,23)/t11-/m0/s1. The summed E-state index contributed by atoms with van der Waals surface area (Å²) in [4.78, 5) is 24.1. The van der Waals surface area contributed by atoms with E-state index in [0.29, 0.717) is 21.3 Å². The van der Waals surface area contributed by atoms with Crippen molar-refractivity contribution in [1.82, 2.24) is 5.32 Å². The number of nitrogens with one attached hydrogen (secondary N) is 2. The number of carbonyl (C=O) groups excluding carboxylic acids is 2. The van der Waals surface area contributed by atoms with E-state index < -0.39 is 11.9 Å². The Hall–Kier alpha value is -2.24. The van der Waals surface area contributed by atoms with Crippen molar-refractivity contribution in [2.24, 2.45) is 0 Å². The van der Waals surface area contributed by atoms with Gasteiger partial charge in [0.2, 0.25) is 0 Å². The highest BCUT2D eigenvalue weighted by molar-refractivity contribution is 6.42. The van der Waals surface area contributed by atoms with Crippen LogP contribution in [-0.2, 0) is 9.53 Å². The van der Waals surface area contributed by atoms with E-state index >= 15 is 0 Å². The van der Waals surface area contributed by atoms with E-state index in [-0.39, 0.29) is 12.6 Å². The molecule has 1 atom stereocenters. The molecule has 2 rings (SSSR count). The van der Waals surface area contributed by atoms with Gasteiger partial charge in [0.1, 0.15) is 0 Å². The fourth-order valence-corrected chi connectivity index (χ4v) is 2.54. The molecule has 7 heteroatoms. The first-order valence-corrected chi connectivity index (χ1v) is 8.36. The number of rotatable bonds is 6. The zero-order valence-electron chi connectivity index (χ0n) is 13.8. The second-order valence-corrected chi connectivity index (χ2v) is 6.15. The molecule has 5 nitrogen and oxygen atoms in total. The van der Waals surface area contributed by atoms with Gasteiger partial charge in [-0.2, -0.15) is 0 Å². The molecule has 0 heterocycles. The van der Waals surface area contributed by atoms with Gasteiger partial charge in [-0.1, -0.05) is 41.4 Å². The molecule has 0 spiro atoms. The first-order valence-electron chi connectivity index (χ1n) is 7.60. The molecule has 0 aliphatic carbocycles. The molecule has 0 bridgehead atoms. The molecule has 0 aliphatic heterocycles. The monoisotopic (exact) mass is 380 g/mol. The number of para-hydroxylation sites is 1. The summed E-state index contributed by atoms with van der Waals surface area (Å²) >= 11 is 11.9. The Labute approximate surface area is 156 Å². The summed E-state index contributed by atoms with van der Waals surface area (Å²) in [7, 11) is 1.71. The Bertz CT molecular complexity index is 781. The summed E-state index contributed by atoms with van der Waals surface area (Å²) in [5.74, 6) is -0.976. The topological polar surface area (TPSA) is 67.4 Å². The maximum absolute atomic E-state index is 12.1. The van der Waals surface area contributed by atoms with Crippen molar-refractivity contribution in [3.63, 3.8) is 0 Å². The van der Waals surface area contributed by atoms with Gasteiger partial charge in [-0.15, -0.1) is 0 Å². The largest absolute Gasteiger partial charge is 0.452 e. The molecule has 0 unspecified atom stereocenters. The third-order valence-electron chi connectivity index (χ3n) is 3.57. The molecule has 0 saturated carbocycles. The predicted molar refractivity (Wildman–Crippen MR) is 99.3 cm³/mol. The Kier molecular flexibility index (Phi) is 6.67. The minimum atomic E-state index is -0.567. The van der Waals surface area contributed by atoms with Crippen LogP contribution in [0.3, 0.4) is 0 Å². The maximum atomic E-state index is 12.1. The average molecular weight is 381 g/mol. The summed E-state index contributed by atoms with van der Waals surface area (Å²) < 4.78 is 5.07. The number of amides is 1. The van der Waals surface area contributed by atoms with E-state index in [0.717, 1.165) is 5.56 Å². The second kappa shape index (κ2) is 8.74. The number of benzene rings is 2. The zero-order chi connectivity index (χ0) is 18.4. The van der Waals surface area contributed by atoms with Crippen LogP contribution in [0.4, 0.5) is 5.69 Å². The lowest BCUT2D eigenvalue weighted by atomic mass is 10.1. The fraction of sp³-hybridized carbons (Fsp3) is 0.222. The summed E-state index contributed by atoms with van der Waals surface area (Å²) in [6.07, 6.45) is 0. The molecule has 2 N–H and O–H groups in total. The molecular formula is C18H18Cl2N2O3. The SMILES string of the molecule is CNc1ccccc1C(=O)OCC(=O)N[C@@H](C)c1ccc(Cl)c(Cl)c1. The lowest BCUT2D eigenvalue weighted by Crippen LogP contribution is -2.31. The molecule has 2 aromatic rings. The first-order chi connectivity index (χ1) is 11.9. The third kappa shape index (κ3) is 5.11. The summed E-state index contributed by atoms with van der Waals surface area (Å²) in [6.45, 7) is 1.43. The van der Waals surface area contributed by atoms with Gasteiger partial charge in [0, 0.05) is 12.7 Å². The molecule has 0 aliphatic rings. The number of hydrogen-bond donors (Lipinski definition) is 2. The van der Waals surface area contributed by atoms with Crippen molar-refractivity contribution in [2.45, 2.75) is 13.0 Å². The molecule has 1 amide bonds. The van der Waals surface area contributed by atoms with Gasteiger partial charge in [0.15, 0.2) is 6.61 Å². The van der Waals surface area contributed by atoms with Gasteiger partial charge in [-0.3, -0.25) is 4.79 Å². The van der Waals surface area contributed by atoms with E-state index in [1.807, 2.05) is 0 Å². The number of carbonyl (C=O) groups is 2. The van der Waals surface area contributed by atoms with Crippen molar-refractivity contribution in [3.8, 4) is 0 Å². The van der Waals surface area contributed by atoms with Crippen LogP contribution in [0.15, 0.2) is 42.5 Å². The van der Waals surface area contributed by atoms with Crippen LogP contribution < -0.4 is 10.6 Å². The van der Waals surface area contributed by atoms with Crippen LogP contribution in [0.5, 0.6) is 0 Å². The van der Waals surface area contributed by atoms with Crippen LogP contribution in [0.1, 0.15) is 28.9 Å². The Balaban J connectivity index is 1.91. The smallest absolute Gasteiger partial charge is 0.340 e. The quantitative estimate of drug-likeness (QED) is 0.741. The second-order valence-electron chi connectivity index (χ2n) is 5.33. The van der Waals surface area contributed by atoms with Crippen molar-refractivity contribution in [2.75, 3.05) is 19.0 Å².